The number of nitrogens with two attached hydrogens (primary N) is 1. The SMILES string of the molecule is Nc1ccccc1S(=O)(=O)Nc1cc(Cl)ccc1Br. The Balaban J connectivity index is 2.43. The molecule has 19 heavy (non-hydrogen) atoms. The predicted molar refractivity (Wildman–Crippen MR) is 80.8 cm³/mol. The van der Waals surface area contributed by atoms with Crippen LogP contribution in [0.3, 0.4) is 0 Å². The van der Waals surface area contributed by atoms with Gasteiger partial charge in [0.15, 0.2) is 0 Å². The predicted octanol–water partition coefficient (Wildman–Crippen LogP) is 3.49. The van der Waals surface area contributed by atoms with Gasteiger partial charge in [-0.1, -0.05) is 23.7 Å². The van der Waals surface area contributed by atoms with E-state index in [0.717, 1.165) is 0 Å². The van der Waals surface area contributed by atoms with Crippen molar-refractivity contribution in [1.82, 2.24) is 0 Å². The van der Waals surface area contributed by atoms with Crippen LogP contribution in [0, 0.1) is 0 Å². The molecule has 0 saturated heterocycles. The summed E-state index contributed by atoms with van der Waals surface area (Å²) in [7, 11) is -3.75. The lowest BCUT2D eigenvalue weighted by atomic mass is 10.3. The molecule has 0 aromatic heterocycles. The first-order chi connectivity index (χ1) is 8.90. The Bertz CT molecular complexity index is 719. The van der Waals surface area contributed by atoms with Crippen molar-refractivity contribution in [2.24, 2.45) is 0 Å². The normalized spacial score (nSPS) is 11.3. The van der Waals surface area contributed by atoms with E-state index in [0.29, 0.717) is 15.2 Å². The average molecular weight is 362 g/mol. The van der Waals surface area contributed by atoms with Crippen LogP contribution in [0.2, 0.25) is 5.02 Å². The van der Waals surface area contributed by atoms with Crippen LogP contribution in [0.1, 0.15) is 0 Å². The number of hydrogen-bond acceptors (Lipinski definition) is 3. The molecule has 0 radical (unpaired) electrons. The first-order valence-corrected chi connectivity index (χ1v) is 7.88. The zero-order valence-electron chi connectivity index (χ0n) is 9.60. The Morgan fingerprint density at radius 2 is 1.84 bits per heavy atom. The van der Waals surface area contributed by atoms with Crippen molar-refractivity contribution in [2.45, 2.75) is 4.90 Å². The molecule has 0 bridgehead atoms. The van der Waals surface area contributed by atoms with E-state index in [9.17, 15) is 8.42 Å². The summed E-state index contributed by atoms with van der Waals surface area (Å²) in [6, 6.07) is 11.1. The lowest BCUT2D eigenvalue weighted by Crippen LogP contribution is -2.15. The number of benzene rings is 2. The molecule has 0 spiro atoms. The standard InChI is InChI=1S/C12H10BrClN2O2S/c13-9-6-5-8(14)7-11(9)16-19(17,18)12-4-2-1-3-10(12)15/h1-7,16H,15H2. The molecule has 0 amide bonds. The van der Waals surface area contributed by atoms with Crippen LogP contribution in [0.15, 0.2) is 51.8 Å². The van der Waals surface area contributed by atoms with Gasteiger partial charge in [0.2, 0.25) is 0 Å². The molecule has 100 valence electrons. The van der Waals surface area contributed by atoms with Crippen LogP contribution < -0.4 is 10.5 Å². The van der Waals surface area contributed by atoms with Crippen LogP contribution in [0.25, 0.3) is 0 Å². The molecule has 0 fully saturated rings. The molecule has 0 heterocycles. The summed E-state index contributed by atoms with van der Waals surface area (Å²) in [5, 5.41) is 0.432. The van der Waals surface area contributed by atoms with Crippen molar-refractivity contribution in [3.8, 4) is 0 Å². The second kappa shape index (κ2) is 5.40. The van der Waals surface area contributed by atoms with E-state index in [-0.39, 0.29) is 10.6 Å². The van der Waals surface area contributed by atoms with E-state index in [1.54, 1.807) is 24.3 Å². The van der Waals surface area contributed by atoms with Crippen molar-refractivity contribution in [3.05, 3.63) is 52.0 Å². The summed E-state index contributed by atoms with van der Waals surface area (Å²) in [4.78, 5) is 0.0295. The van der Waals surface area contributed by atoms with Crippen molar-refractivity contribution >= 4 is 48.9 Å². The lowest BCUT2D eigenvalue weighted by molar-refractivity contribution is 0.601. The van der Waals surface area contributed by atoms with E-state index < -0.39 is 10.0 Å². The zero-order valence-corrected chi connectivity index (χ0v) is 12.8. The van der Waals surface area contributed by atoms with Gasteiger partial charge in [-0.05, 0) is 46.3 Å². The molecule has 0 atom stereocenters. The highest BCUT2D eigenvalue weighted by atomic mass is 79.9. The van der Waals surface area contributed by atoms with Crippen molar-refractivity contribution in [1.29, 1.82) is 0 Å². The van der Waals surface area contributed by atoms with Gasteiger partial charge in [-0.3, -0.25) is 4.72 Å². The molecule has 0 aliphatic rings. The number of halogens is 2. The van der Waals surface area contributed by atoms with Gasteiger partial charge in [0.05, 0.1) is 11.4 Å². The number of nitrogen functional groups attached to an aromatic ring is 1. The molecule has 0 aliphatic carbocycles. The third-order valence-corrected chi connectivity index (χ3v) is 4.75. The average Bonchev–Trinajstić information content (AvgIpc) is 2.34. The van der Waals surface area contributed by atoms with Crippen LogP contribution in [0.5, 0.6) is 0 Å². The summed E-state index contributed by atoms with van der Waals surface area (Å²) < 4.78 is 27.5. The first kappa shape index (κ1) is 14.2. The van der Waals surface area contributed by atoms with Gasteiger partial charge in [0, 0.05) is 9.50 Å². The molecular weight excluding hydrogens is 352 g/mol. The second-order valence-electron chi connectivity index (χ2n) is 3.77. The van der Waals surface area contributed by atoms with E-state index in [1.165, 1.54) is 18.2 Å². The molecule has 2 aromatic carbocycles. The second-order valence-corrected chi connectivity index (χ2v) is 6.71. The van der Waals surface area contributed by atoms with E-state index in [4.69, 9.17) is 17.3 Å². The minimum absolute atomic E-state index is 0.0295. The molecule has 2 aromatic rings. The zero-order chi connectivity index (χ0) is 14.0. The van der Waals surface area contributed by atoms with Gasteiger partial charge in [-0.25, -0.2) is 8.42 Å². The highest BCUT2D eigenvalue weighted by molar-refractivity contribution is 9.10. The maximum Gasteiger partial charge on any atom is 0.263 e. The fraction of sp³-hybridized carbons (Fsp3) is 0. The van der Waals surface area contributed by atoms with Crippen molar-refractivity contribution in [3.63, 3.8) is 0 Å². The summed E-state index contributed by atoms with van der Waals surface area (Å²) in [6.07, 6.45) is 0. The summed E-state index contributed by atoms with van der Waals surface area (Å²) in [6.45, 7) is 0. The fourth-order valence-electron chi connectivity index (χ4n) is 1.50. The minimum atomic E-state index is -3.75. The third-order valence-electron chi connectivity index (χ3n) is 2.38. The molecule has 0 saturated carbocycles. The number of rotatable bonds is 3. The topological polar surface area (TPSA) is 72.2 Å². The number of para-hydroxylation sites is 1. The molecule has 0 aliphatic heterocycles. The molecule has 4 nitrogen and oxygen atoms in total. The van der Waals surface area contributed by atoms with Gasteiger partial charge in [0.1, 0.15) is 4.90 Å². The lowest BCUT2D eigenvalue weighted by Gasteiger charge is -2.11. The minimum Gasteiger partial charge on any atom is -0.398 e. The summed E-state index contributed by atoms with van der Waals surface area (Å²) >= 11 is 9.10. The smallest absolute Gasteiger partial charge is 0.263 e. The molecular formula is C12H10BrClN2O2S. The number of hydrogen-bond donors (Lipinski definition) is 2. The van der Waals surface area contributed by atoms with E-state index in [1.807, 2.05) is 0 Å². The van der Waals surface area contributed by atoms with Gasteiger partial charge in [-0.15, -0.1) is 0 Å². The quantitative estimate of drug-likeness (QED) is 0.822. The number of sulfonamides is 1. The maximum absolute atomic E-state index is 12.2. The Morgan fingerprint density at radius 3 is 2.53 bits per heavy atom. The van der Waals surface area contributed by atoms with Crippen molar-refractivity contribution in [2.75, 3.05) is 10.5 Å². The van der Waals surface area contributed by atoms with Gasteiger partial charge in [-0.2, -0.15) is 0 Å². The van der Waals surface area contributed by atoms with E-state index >= 15 is 0 Å². The van der Waals surface area contributed by atoms with Crippen LogP contribution in [0.4, 0.5) is 11.4 Å². The van der Waals surface area contributed by atoms with Crippen molar-refractivity contribution < 1.29 is 8.42 Å². The van der Waals surface area contributed by atoms with Crippen LogP contribution >= 0.6 is 27.5 Å². The van der Waals surface area contributed by atoms with Crippen LogP contribution in [-0.2, 0) is 10.0 Å². The molecule has 3 N–H and O–H groups in total. The molecule has 7 heteroatoms. The van der Waals surface area contributed by atoms with Crippen LogP contribution in [-0.4, -0.2) is 8.42 Å². The Labute approximate surface area is 124 Å². The molecule has 2 rings (SSSR count). The van der Waals surface area contributed by atoms with E-state index in [2.05, 4.69) is 20.7 Å². The van der Waals surface area contributed by atoms with Gasteiger partial charge < -0.3 is 5.73 Å². The third kappa shape index (κ3) is 3.20. The number of anilines is 2. The summed E-state index contributed by atoms with van der Waals surface area (Å²) in [5.41, 5.74) is 6.22. The maximum atomic E-state index is 12.2. The highest BCUT2D eigenvalue weighted by Gasteiger charge is 2.18. The largest absolute Gasteiger partial charge is 0.398 e. The summed E-state index contributed by atoms with van der Waals surface area (Å²) in [5.74, 6) is 0. The van der Waals surface area contributed by atoms with Gasteiger partial charge >= 0.3 is 0 Å². The van der Waals surface area contributed by atoms with Gasteiger partial charge in [0.25, 0.3) is 10.0 Å². The Hall–Kier alpha value is -1.24. The Kier molecular flexibility index (Phi) is 4.03. The first-order valence-electron chi connectivity index (χ1n) is 5.22. The fourth-order valence-corrected chi connectivity index (χ4v) is 3.35. The highest BCUT2D eigenvalue weighted by Crippen LogP contribution is 2.29. The molecule has 0 unspecified atom stereocenters. The number of nitrogens with one attached hydrogen (secondary N) is 1. The Morgan fingerprint density at radius 1 is 1.16 bits per heavy atom. The monoisotopic (exact) mass is 360 g/mol.